The minimum absolute atomic E-state index is 0.612. The lowest BCUT2D eigenvalue weighted by molar-refractivity contribution is -0.144. The molecule has 0 aromatic carbocycles. The van der Waals surface area contributed by atoms with E-state index < -0.39 is 18.0 Å². The van der Waals surface area contributed by atoms with E-state index in [0.29, 0.717) is 6.42 Å². The van der Waals surface area contributed by atoms with Gasteiger partial charge < -0.3 is 10.2 Å². The number of carboxylic acids is 1. The molecule has 3 heteroatoms. The van der Waals surface area contributed by atoms with Crippen LogP contribution in [0.1, 0.15) is 78.6 Å². The molecule has 3 nitrogen and oxygen atoms in total. The van der Waals surface area contributed by atoms with Gasteiger partial charge in [-0.25, -0.2) is 0 Å². The van der Waals surface area contributed by atoms with Crippen LogP contribution in [-0.2, 0) is 4.79 Å². The maximum atomic E-state index is 10.7. The smallest absolute Gasteiger partial charge is 0.308 e. The van der Waals surface area contributed by atoms with Gasteiger partial charge in [0.25, 0.3) is 0 Å². The third-order valence-electron chi connectivity index (χ3n) is 3.75. The van der Waals surface area contributed by atoms with Gasteiger partial charge in [0.1, 0.15) is 0 Å². The Kier molecular flexibility index (Phi) is 10.9. The molecule has 0 fully saturated rings. The van der Waals surface area contributed by atoms with Gasteiger partial charge in [-0.1, -0.05) is 65.2 Å². The predicted molar refractivity (Wildman–Crippen MR) is 79.2 cm³/mol. The molecule has 0 rings (SSSR count). The molecule has 0 aliphatic heterocycles. The zero-order chi connectivity index (χ0) is 14.7. The maximum Gasteiger partial charge on any atom is 0.308 e. The van der Waals surface area contributed by atoms with Crippen LogP contribution in [0.3, 0.4) is 0 Å². The zero-order valence-electron chi connectivity index (χ0n) is 12.9. The fraction of sp³-hybridized carbons (Fsp3) is 0.938. The fourth-order valence-corrected chi connectivity index (χ4v) is 2.20. The summed E-state index contributed by atoms with van der Waals surface area (Å²) in [6, 6.07) is 0. The van der Waals surface area contributed by atoms with E-state index in [1.54, 1.807) is 6.92 Å². The van der Waals surface area contributed by atoms with Crippen molar-refractivity contribution in [1.29, 1.82) is 0 Å². The van der Waals surface area contributed by atoms with E-state index in [1.807, 2.05) is 0 Å². The van der Waals surface area contributed by atoms with Crippen molar-refractivity contribution in [3.8, 4) is 0 Å². The monoisotopic (exact) mass is 272 g/mol. The molecular formula is C16H32O3. The summed E-state index contributed by atoms with van der Waals surface area (Å²) in [5.74, 6) is -0.730. The zero-order valence-corrected chi connectivity index (χ0v) is 12.9. The highest BCUT2D eigenvalue weighted by atomic mass is 16.4. The first kappa shape index (κ1) is 18.4. The molecule has 0 aliphatic rings. The summed E-state index contributed by atoms with van der Waals surface area (Å²) >= 11 is 0. The van der Waals surface area contributed by atoms with Gasteiger partial charge >= 0.3 is 5.97 Å². The van der Waals surface area contributed by atoms with Crippen LogP contribution in [0, 0.1) is 11.8 Å². The van der Waals surface area contributed by atoms with Crippen molar-refractivity contribution in [3.63, 3.8) is 0 Å². The van der Waals surface area contributed by atoms with E-state index in [0.717, 1.165) is 18.8 Å². The molecule has 19 heavy (non-hydrogen) atoms. The summed E-state index contributed by atoms with van der Waals surface area (Å²) in [7, 11) is 0. The van der Waals surface area contributed by atoms with Gasteiger partial charge in [-0.2, -0.15) is 0 Å². The summed E-state index contributed by atoms with van der Waals surface area (Å²) in [5.41, 5.74) is 0. The van der Waals surface area contributed by atoms with Crippen LogP contribution in [0.2, 0.25) is 0 Å². The van der Waals surface area contributed by atoms with Crippen molar-refractivity contribution < 1.29 is 15.0 Å². The standard InChI is InChI=1S/C16H32O3/c1-13(2)11-9-7-5-4-6-8-10-12-15(17)14(3)16(18)19/h13-15,17H,4-12H2,1-3H3,(H,18,19)/t14-,15?/m1/s1. The highest BCUT2D eigenvalue weighted by Gasteiger charge is 2.20. The summed E-state index contributed by atoms with van der Waals surface area (Å²) in [6.45, 7) is 6.11. The first-order valence-electron chi connectivity index (χ1n) is 7.86. The molecule has 2 N–H and O–H groups in total. The molecule has 0 aliphatic carbocycles. The third-order valence-corrected chi connectivity index (χ3v) is 3.75. The molecule has 1 unspecified atom stereocenters. The molecular weight excluding hydrogens is 240 g/mol. The molecule has 0 amide bonds. The van der Waals surface area contributed by atoms with Crippen LogP contribution in [0.5, 0.6) is 0 Å². The van der Waals surface area contributed by atoms with Crippen molar-refractivity contribution in [3.05, 3.63) is 0 Å². The third kappa shape index (κ3) is 11.0. The number of rotatable bonds is 12. The number of hydrogen-bond donors (Lipinski definition) is 2. The topological polar surface area (TPSA) is 57.5 Å². The van der Waals surface area contributed by atoms with Crippen molar-refractivity contribution in [2.45, 2.75) is 84.7 Å². The van der Waals surface area contributed by atoms with Gasteiger partial charge in [0.2, 0.25) is 0 Å². The second-order valence-electron chi connectivity index (χ2n) is 6.14. The Balaban J connectivity index is 3.29. The van der Waals surface area contributed by atoms with Crippen LogP contribution in [0.15, 0.2) is 0 Å². The van der Waals surface area contributed by atoms with Crippen LogP contribution in [-0.4, -0.2) is 22.3 Å². The molecule has 0 saturated heterocycles. The number of aliphatic carboxylic acids is 1. The average Bonchev–Trinajstić information content (AvgIpc) is 2.35. The summed E-state index contributed by atoms with van der Waals surface area (Å²) in [4.78, 5) is 10.7. The number of aliphatic hydroxyl groups is 1. The van der Waals surface area contributed by atoms with Crippen LogP contribution >= 0.6 is 0 Å². The lowest BCUT2D eigenvalue weighted by Crippen LogP contribution is -2.25. The van der Waals surface area contributed by atoms with Crippen LogP contribution < -0.4 is 0 Å². The number of carbonyl (C=O) groups is 1. The van der Waals surface area contributed by atoms with Gasteiger partial charge in [0.15, 0.2) is 0 Å². The van der Waals surface area contributed by atoms with Crippen LogP contribution in [0.4, 0.5) is 0 Å². The lowest BCUT2D eigenvalue weighted by atomic mass is 9.98. The van der Waals surface area contributed by atoms with E-state index in [4.69, 9.17) is 5.11 Å². The van der Waals surface area contributed by atoms with Gasteiger partial charge in [-0.05, 0) is 19.3 Å². The lowest BCUT2D eigenvalue weighted by Gasteiger charge is -2.14. The van der Waals surface area contributed by atoms with Gasteiger partial charge in [-0.3, -0.25) is 4.79 Å². The number of carboxylic acid groups (broad SMARTS) is 1. The number of aliphatic hydroxyl groups excluding tert-OH is 1. The average molecular weight is 272 g/mol. The van der Waals surface area contributed by atoms with E-state index in [2.05, 4.69) is 13.8 Å². The Morgan fingerprint density at radius 3 is 1.68 bits per heavy atom. The minimum atomic E-state index is -0.905. The quantitative estimate of drug-likeness (QED) is 0.523. The van der Waals surface area contributed by atoms with Crippen LogP contribution in [0.25, 0.3) is 0 Å². The highest BCUT2D eigenvalue weighted by molar-refractivity contribution is 5.70. The molecule has 114 valence electrons. The fourth-order valence-electron chi connectivity index (χ4n) is 2.20. The summed E-state index contributed by atoms with van der Waals surface area (Å²) in [5, 5.41) is 18.4. The molecule has 0 bridgehead atoms. The first-order valence-corrected chi connectivity index (χ1v) is 7.86. The Morgan fingerprint density at radius 2 is 1.26 bits per heavy atom. The molecule has 2 atom stereocenters. The summed E-state index contributed by atoms with van der Waals surface area (Å²) in [6.07, 6.45) is 9.74. The van der Waals surface area contributed by atoms with Gasteiger partial charge in [0, 0.05) is 0 Å². The van der Waals surface area contributed by atoms with Crippen molar-refractivity contribution in [2.75, 3.05) is 0 Å². The Bertz CT molecular complexity index is 226. The summed E-state index contributed by atoms with van der Waals surface area (Å²) < 4.78 is 0. The largest absolute Gasteiger partial charge is 0.481 e. The normalized spacial score (nSPS) is 14.6. The Morgan fingerprint density at radius 1 is 0.842 bits per heavy atom. The van der Waals surface area contributed by atoms with E-state index in [9.17, 15) is 9.90 Å². The predicted octanol–water partition coefficient (Wildman–Crippen LogP) is 4.23. The van der Waals surface area contributed by atoms with E-state index >= 15 is 0 Å². The molecule has 0 radical (unpaired) electrons. The van der Waals surface area contributed by atoms with E-state index in [-0.39, 0.29) is 0 Å². The molecule has 0 aromatic rings. The van der Waals surface area contributed by atoms with Crippen molar-refractivity contribution in [2.24, 2.45) is 11.8 Å². The van der Waals surface area contributed by atoms with Crippen molar-refractivity contribution >= 4 is 5.97 Å². The second-order valence-corrected chi connectivity index (χ2v) is 6.14. The number of hydrogen-bond acceptors (Lipinski definition) is 2. The SMILES string of the molecule is CC(C)CCCCCCCCCC(O)[C@@H](C)C(=O)O. The molecule has 0 aromatic heterocycles. The Labute approximate surface area is 118 Å². The highest BCUT2D eigenvalue weighted by Crippen LogP contribution is 2.15. The van der Waals surface area contributed by atoms with Gasteiger partial charge in [-0.15, -0.1) is 0 Å². The second kappa shape index (κ2) is 11.3. The van der Waals surface area contributed by atoms with Crippen molar-refractivity contribution in [1.82, 2.24) is 0 Å². The van der Waals surface area contributed by atoms with E-state index in [1.165, 1.54) is 38.5 Å². The Hall–Kier alpha value is -0.570. The maximum absolute atomic E-state index is 10.7. The van der Waals surface area contributed by atoms with Gasteiger partial charge in [0.05, 0.1) is 12.0 Å². The molecule has 0 spiro atoms. The number of unbranched alkanes of at least 4 members (excludes halogenated alkanes) is 6. The first-order chi connectivity index (χ1) is 8.95. The minimum Gasteiger partial charge on any atom is -0.481 e. The molecule has 0 saturated carbocycles. The molecule has 0 heterocycles.